The van der Waals surface area contributed by atoms with Crippen molar-refractivity contribution in [1.82, 2.24) is 19.8 Å². The van der Waals surface area contributed by atoms with Crippen LogP contribution in [0.15, 0.2) is 36.5 Å². The first-order chi connectivity index (χ1) is 16.9. The van der Waals surface area contributed by atoms with Crippen LogP contribution in [0.1, 0.15) is 25.0 Å². The van der Waals surface area contributed by atoms with Crippen molar-refractivity contribution >= 4 is 22.5 Å². The number of carbonyl (C=O) groups excluding carboxylic acids is 1. The number of rotatable bonds is 5. The van der Waals surface area contributed by atoms with Crippen LogP contribution in [0.2, 0.25) is 0 Å². The fourth-order valence-electron chi connectivity index (χ4n) is 5.65. The highest BCUT2D eigenvalue weighted by molar-refractivity contribution is 5.97. The summed E-state index contributed by atoms with van der Waals surface area (Å²) in [7, 11) is 1.47. The largest absolute Gasteiger partial charge is 0.496 e. The standard InChI is InChI=1S/C26H26F2N4O3/c1-35-23-5-2-15(27)8-19(23)25-20-9-22(30-26(20)29-10-21(25)28)14-6-16-3-4-17(7-14)32(16)13-24(34)31-11-18(33)12-31/h2,5-6,8-10,16-18,33H,3-4,7,11-13H2,1H3,(H,29,30). The molecule has 2 bridgehead atoms. The number of ether oxygens (including phenoxy) is 1. The molecule has 2 atom stereocenters. The number of likely N-dealkylation sites (tertiary alicyclic amines) is 1. The van der Waals surface area contributed by atoms with Gasteiger partial charge in [0.1, 0.15) is 23.0 Å². The van der Waals surface area contributed by atoms with Crippen molar-refractivity contribution in [1.29, 1.82) is 0 Å². The highest BCUT2D eigenvalue weighted by Crippen LogP contribution is 2.41. The van der Waals surface area contributed by atoms with Crippen LogP contribution in [0, 0.1) is 11.6 Å². The molecule has 2 aromatic heterocycles. The predicted molar refractivity (Wildman–Crippen MR) is 127 cm³/mol. The molecule has 35 heavy (non-hydrogen) atoms. The number of benzene rings is 1. The minimum atomic E-state index is -0.551. The normalized spacial score (nSPS) is 22.4. The number of nitrogens with zero attached hydrogens (tertiary/aromatic N) is 3. The van der Waals surface area contributed by atoms with E-state index in [4.69, 9.17) is 4.74 Å². The molecule has 9 heteroatoms. The van der Waals surface area contributed by atoms with Crippen LogP contribution in [0.5, 0.6) is 5.75 Å². The van der Waals surface area contributed by atoms with E-state index in [-0.39, 0.29) is 23.6 Å². The summed E-state index contributed by atoms with van der Waals surface area (Å²) in [5.74, 6) is -0.589. The van der Waals surface area contributed by atoms with Gasteiger partial charge in [-0.05, 0) is 49.1 Å². The smallest absolute Gasteiger partial charge is 0.236 e. The lowest BCUT2D eigenvalue weighted by molar-refractivity contribution is -0.143. The van der Waals surface area contributed by atoms with E-state index in [9.17, 15) is 14.3 Å². The summed E-state index contributed by atoms with van der Waals surface area (Å²) in [6.45, 7) is 1.19. The van der Waals surface area contributed by atoms with Crippen LogP contribution >= 0.6 is 0 Å². The minimum Gasteiger partial charge on any atom is -0.496 e. The number of hydrogen-bond acceptors (Lipinski definition) is 5. The molecule has 5 heterocycles. The Bertz CT molecular complexity index is 1350. The third-order valence-corrected chi connectivity index (χ3v) is 7.46. The zero-order chi connectivity index (χ0) is 24.3. The van der Waals surface area contributed by atoms with Crippen molar-refractivity contribution in [3.05, 3.63) is 53.9 Å². The average Bonchev–Trinajstić information content (AvgIpc) is 3.33. The third-order valence-electron chi connectivity index (χ3n) is 7.46. The fourth-order valence-corrected chi connectivity index (χ4v) is 5.65. The van der Waals surface area contributed by atoms with Crippen LogP contribution in [0.25, 0.3) is 27.7 Å². The molecule has 0 saturated carbocycles. The number of H-pyrrole nitrogens is 1. The van der Waals surface area contributed by atoms with Gasteiger partial charge in [0.05, 0.1) is 26.0 Å². The first kappa shape index (κ1) is 22.2. The lowest BCUT2D eigenvalue weighted by Gasteiger charge is -2.39. The Balaban J connectivity index is 1.32. The summed E-state index contributed by atoms with van der Waals surface area (Å²) in [5.41, 5.74) is 3.06. The maximum atomic E-state index is 15.0. The number of aliphatic hydroxyl groups excluding tert-OH is 1. The first-order valence-electron chi connectivity index (χ1n) is 11.8. The molecule has 1 aromatic carbocycles. The Labute approximate surface area is 201 Å². The van der Waals surface area contributed by atoms with Crippen LogP contribution in [-0.4, -0.2) is 75.7 Å². The van der Waals surface area contributed by atoms with Crippen LogP contribution in [-0.2, 0) is 4.79 Å². The van der Waals surface area contributed by atoms with Gasteiger partial charge in [0.2, 0.25) is 5.91 Å². The van der Waals surface area contributed by atoms with Crippen molar-refractivity contribution in [3.63, 3.8) is 0 Å². The maximum Gasteiger partial charge on any atom is 0.236 e. The highest BCUT2D eigenvalue weighted by atomic mass is 19.1. The van der Waals surface area contributed by atoms with Gasteiger partial charge in [-0.3, -0.25) is 9.69 Å². The number of fused-ring (bicyclic) bond motifs is 3. The second kappa shape index (κ2) is 8.42. The molecule has 0 radical (unpaired) electrons. The number of aromatic nitrogens is 2. The van der Waals surface area contributed by atoms with Gasteiger partial charge < -0.3 is 19.7 Å². The molecule has 0 aliphatic carbocycles. The number of aliphatic hydroxyl groups is 1. The zero-order valence-electron chi connectivity index (χ0n) is 19.3. The number of methoxy groups -OCH3 is 1. The first-order valence-corrected chi connectivity index (χ1v) is 11.8. The van der Waals surface area contributed by atoms with Crippen molar-refractivity contribution < 1.29 is 23.4 Å². The summed E-state index contributed by atoms with van der Waals surface area (Å²) in [4.78, 5) is 24.1. The minimum absolute atomic E-state index is 0.0584. The number of β-amino-alcohol motifs (C(OH)–C–C–N with tert-alkyl or cyclic N) is 1. The molecule has 2 unspecified atom stereocenters. The summed E-state index contributed by atoms with van der Waals surface area (Å²) >= 11 is 0. The molecule has 2 N–H and O–H groups in total. The van der Waals surface area contributed by atoms with E-state index in [1.165, 1.54) is 25.3 Å². The predicted octanol–water partition coefficient (Wildman–Crippen LogP) is 3.34. The van der Waals surface area contributed by atoms with Gasteiger partial charge >= 0.3 is 0 Å². The molecule has 6 rings (SSSR count). The lowest BCUT2D eigenvalue weighted by atomic mass is 9.97. The average molecular weight is 481 g/mol. The SMILES string of the molecule is COc1ccc(F)cc1-c1c(F)cnc2[nH]c(C3=CC4CCC(C3)N4CC(=O)N3CC(O)C3)cc12. The summed E-state index contributed by atoms with van der Waals surface area (Å²) in [6, 6.07) is 6.31. The van der Waals surface area contributed by atoms with Gasteiger partial charge in [-0.1, -0.05) is 6.08 Å². The summed E-state index contributed by atoms with van der Waals surface area (Å²) in [6.07, 6.45) is 5.66. The Morgan fingerprint density at radius 1 is 1.26 bits per heavy atom. The van der Waals surface area contributed by atoms with E-state index in [1.54, 1.807) is 4.90 Å². The van der Waals surface area contributed by atoms with Crippen molar-refractivity contribution in [2.24, 2.45) is 0 Å². The summed E-state index contributed by atoms with van der Waals surface area (Å²) in [5, 5.41) is 10.0. The molecule has 3 aromatic rings. The van der Waals surface area contributed by atoms with E-state index in [0.29, 0.717) is 42.0 Å². The number of hydrogen-bond donors (Lipinski definition) is 2. The topological polar surface area (TPSA) is 81.7 Å². The van der Waals surface area contributed by atoms with Crippen LogP contribution < -0.4 is 4.74 Å². The Kier molecular flexibility index (Phi) is 5.34. The van der Waals surface area contributed by atoms with Gasteiger partial charge in [0, 0.05) is 47.4 Å². The van der Waals surface area contributed by atoms with E-state index in [1.807, 2.05) is 6.07 Å². The molecule has 2 fully saturated rings. The third kappa shape index (κ3) is 3.79. The summed E-state index contributed by atoms with van der Waals surface area (Å²) < 4.78 is 34.4. The number of aromatic amines is 1. The van der Waals surface area contributed by atoms with E-state index in [2.05, 4.69) is 20.9 Å². The van der Waals surface area contributed by atoms with Crippen LogP contribution in [0.4, 0.5) is 8.78 Å². The van der Waals surface area contributed by atoms with Gasteiger partial charge in [0.15, 0.2) is 0 Å². The number of nitrogens with one attached hydrogen (secondary N) is 1. The molecule has 182 valence electrons. The molecule has 3 aliphatic heterocycles. The fraction of sp³-hybridized carbons (Fsp3) is 0.385. The van der Waals surface area contributed by atoms with Crippen molar-refractivity contribution in [2.45, 2.75) is 37.5 Å². The Hall–Kier alpha value is -3.30. The number of pyridine rings is 1. The van der Waals surface area contributed by atoms with Gasteiger partial charge in [-0.15, -0.1) is 0 Å². The van der Waals surface area contributed by atoms with Crippen LogP contribution in [0.3, 0.4) is 0 Å². The molecule has 2 saturated heterocycles. The number of carbonyl (C=O) groups is 1. The molecular formula is C26H26F2N4O3. The zero-order valence-corrected chi connectivity index (χ0v) is 19.3. The van der Waals surface area contributed by atoms with Gasteiger partial charge in [0.25, 0.3) is 0 Å². The molecular weight excluding hydrogens is 454 g/mol. The number of amides is 1. The molecule has 3 aliphatic rings. The van der Waals surface area contributed by atoms with Gasteiger partial charge in [-0.25, -0.2) is 13.8 Å². The number of halogens is 2. The van der Waals surface area contributed by atoms with Crippen molar-refractivity contribution in [2.75, 3.05) is 26.7 Å². The van der Waals surface area contributed by atoms with E-state index < -0.39 is 17.7 Å². The lowest BCUT2D eigenvalue weighted by Crippen LogP contribution is -2.57. The van der Waals surface area contributed by atoms with E-state index in [0.717, 1.165) is 36.7 Å². The molecule has 0 spiro atoms. The highest BCUT2D eigenvalue weighted by Gasteiger charge is 2.40. The molecule has 7 nitrogen and oxygen atoms in total. The molecule has 1 amide bonds. The van der Waals surface area contributed by atoms with Crippen molar-refractivity contribution in [3.8, 4) is 16.9 Å². The maximum absolute atomic E-state index is 15.0. The monoisotopic (exact) mass is 480 g/mol. The second-order valence-electron chi connectivity index (χ2n) is 9.59. The second-order valence-corrected chi connectivity index (χ2v) is 9.59. The van der Waals surface area contributed by atoms with E-state index >= 15 is 4.39 Å². The Morgan fingerprint density at radius 2 is 2.09 bits per heavy atom. The van der Waals surface area contributed by atoms with Gasteiger partial charge in [-0.2, -0.15) is 0 Å². The Morgan fingerprint density at radius 3 is 2.83 bits per heavy atom. The quantitative estimate of drug-likeness (QED) is 0.586.